The van der Waals surface area contributed by atoms with Gasteiger partial charge in [-0.1, -0.05) is 0 Å². The smallest absolute Gasteiger partial charge is 0.280 e. The van der Waals surface area contributed by atoms with E-state index in [0.29, 0.717) is 0 Å². The first-order chi connectivity index (χ1) is 13.2. The minimum atomic E-state index is -1.67. The molecule has 8 N–H and O–H groups in total. The Hall–Kier alpha value is -2.26. The van der Waals surface area contributed by atoms with Crippen molar-refractivity contribution in [2.45, 2.75) is 49.8 Å². The first-order valence-electron chi connectivity index (χ1n) is 8.39. The minimum Gasteiger partial charge on any atom is -0.394 e. The van der Waals surface area contributed by atoms with Gasteiger partial charge in [-0.3, -0.25) is 9.78 Å². The number of aliphatic hydroxyl groups excluding tert-OH is 5. The van der Waals surface area contributed by atoms with Gasteiger partial charge in [-0.2, -0.15) is 4.98 Å². The number of anilines is 1. The molecule has 0 aliphatic carbocycles. The molecular formula is C15H21N5O8. The number of hydrogen-bond donors (Lipinski definition) is 7. The molecule has 0 amide bonds. The van der Waals surface area contributed by atoms with Gasteiger partial charge in [-0.05, 0) is 6.92 Å². The van der Waals surface area contributed by atoms with Crippen LogP contribution in [0.4, 0.5) is 5.95 Å². The summed E-state index contributed by atoms with van der Waals surface area (Å²) >= 11 is 0. The Balaban J connectivity index is 1.92. The third kappa shape index (κ3) is 3.81. The second-order valence-electron chi connectivity index (χ2n) is 6.41. The van der Waals surface area contributed by atoms with Gasteiger partial charge in [-0.15, -0.1) is 0 Å². The number of nitrogens with zero attached hydrogens (tertiary/aromatic N) is 3. The second-order valence-corrected chi connectivity index (χ2v) is 6.41. The van der Waals surface area contributed by atoms with E-state index in [0.717, 1.165) is 0 Å². The molecule has 0 unspecified atom stereocenters. The summed E-state index contributed by atoms with van der Waals surface area (Å²) in [5, 5.41) is 49.2. The molecule has 13 heteroatoms. The number of aromatic nitrogens is 4. The molecule has 28 heavy (non-hydrogen) atoms. The van der Waals surface area contributed by atoms with Crippen molar-refractivity contribution < 1.29 is 35.0 Å². The maximum Gasteiger partial charge on any atom is 0.280 e. The standard InChI is InChI=1S/C15H21N5O8/c1-4(22)11(28-14-10(25)9(24)8(23)6(3-21)27-14)5-2-17-12-7(18-5)13(26)20-15(16)19-12/h2,4,6,8-11,14,21-25H,3H2,1H3,(H3,16,17,19,20,26)/t4-,6+,8+,9-,10+,11-,14-/m0/s1. The third-order valence-corrected chi connectivity index (χ3v) is 4.31. The summed E-state index contributed by atoms with van der Waals surface area (Å²) in [6.45, 7) is 0.731. The highest BCUT2D eigenvalue weighted by Gasteiger charge is 2.45. The zero-order valence-electron chi connectivity index (χ0n) is 14.7. The number of aliphatic hydroxyl groups is 5. The van der Waals surface area contributed by atoms with Crippen LogP contribution in [0, 0.1) is 0 Å². The summed E-state index contributed by atoms with van der Waals surface area (Å²) in [6.07, 6.45) is -8.78. The van der Waals surface area contributed by atoms with Gasteiger partial charge >= 0.3 is 0 Å². The van der Waals surface area contributed by atoms with Crippen molar-refractivity contribution in [3.63, 3.8) is 0 Å². The van der Waals surface area contributed by atoms with Crippen LogP contribution in [-0.4, -0.2) is 88.9 Å². The van der Waals surface area contributed by atoms with E-state index in [1.54, 1.807) is 0 Å². The van der Waals surface area contributed by atoms with E-state index in [9.17, 15) is 30.3 Å². The monoisotopic (exact) mass is 399 g/mol. The number of hydrogen-bond acceptors (Lipinski definition) is 12. The maximum absolute atomic E-state index is 12.0. The van der Waals surface area contributed by atoms with Crippen LogP contribution in [-0.2, 0) is 9.47 Å². The molecule has 1 saturated heterocycles. The first kappa shape index (κ1) is 20.5. The summed E-state index contributed by atoms with van der Waals surface area (Å²) < 4.78 is 10.8. The van der Waals surface area contributed by atoms with Crippen LogP contribution >= 0.6 is 0 Å². The lowest BCUT2D eigenvalue weighted by atomic mass is 9.99. The lowest BCUT2D eigenvalue weighted by Crippen LogP contribution is -2.59. The van der Waals surface area contributed by atoms with Crippen molar-refractivity contribution in [2.75, 3.05) is 12.3 Å². The first-order valence-corrected chi connectivity index (χ1v) is 8.39. The lowest BCUT2D eigenvalue weighted by Gasteiger charge is -2.41. The van der Waals surface area contributed by atoms with Gasteiger partial charge in [0.25, 0.3) is 5.56 Å². The number of H-pyrrole nitrogens is 1. The molecule has 1 fully saturated rings. The molecule has 2 aromatic heterocycles. The van der Waals surface area contributed by atoms with Gasteiger partial charge in [0.15, 0.2) is 17.5 Å². The van der Waals surface area contributed by atoms with E-state index in [4.69, 9.17) is 15.2 Å². The van der Waals surface area contributed by atoms with Crippen LogP contribution in [0.3, 0.4) is 0 Å². The SMILES string of the molecule is C[C@H](O)[C@H](O[C@@H]1O[C@H](CO)[C@@H](O)[C@H](O)[C@H]1O)c1cnc2nc(N)[nH]c(=O)c2n1. The number of nitrogens with two attached hydrogens (primary N) is 1. The number of ether oxygens (including phenoxy) is 2. The number of nitrogens with one attached hydrogen (secondary N) is 1. The van der Waals surface area contributed by atoms with Crippen LogP contribution in [0.2, 0.25) is 0 Å². The van der Waals surface area contributed by atoms with E-state index in [1.807, 2.05) is 0 Å². The molecule has 2 aromatic rings. The predicted molar refractivity (Wildman–Crippen MR) is 91.6 cm³/mol. The van der Waals surface area contributed by atoms with Crippen LogP contribution in [0.25, 0.3) is 11.2 Å². The average molecular weight is 399 g/mol. The zero-order chi connectivity index (χ0) is 20.6. The van der Waals surface area contributed by atoms with E-state index in [1.165, 1.54) is 13.1 Å². The number of rotatable bonds is 5. The molecule has 7 atom stereocenters. The Morgan fingerprint density at radius 1 is 1.29 bits per heavy atom. The van der Waals surface area contributed by atoms with Gasteiger partial charge in [0.1, 0.15) is 30.5 Å². The van der Waals surface area contributed by atoms with E-state index < -0.39 is 55.1 Å². The molecule has 3 heterocycles. The number of fused-ring (bicyclic) bond motifs is 1. The lowest BCUT2D eigenvalue weighted by molar-refractivity contribution is -0.318. The van der Waals surface area contributed by atoms with Crippen LogP contribution in [0.1, 0.15) is 18.7 Å². The summed E-state index contributed by atoms with van der Waals surface area (Å²) in [5.74, 6) is -0.135. The van der Waals surface area contributed by atoms with E-state index >= 15 is 0 Å². The Morgan fingerprint density at radius 2 is 2.00 bits per heavy atom. The summed E-state index contributed by atoms with van der Waals surface area (Å²) in [4.78, 5) is 26.2. The Labute approximate surface area is 157 Å². The molecule has 0 bridgehead atoms. The molecule has 1 aliphatic heterocycles. The quantitative estimate of drug-likeness (QED) is 0.261. The van der Waals surface area contributed by atoms with Gasteiger partial charge in [-0.25, -0.2) is 9.97 Å². The highest BCUT2D eigenvalue weighted by molar-refractivity contribution is 5.69. The molecule has 0 saturated carbocycles. The Morgan fingerprint density at radius 3 is 2.64 bits per heavy atom. The molecule has 1 aliphatic rings. The van der Waals surface area contributed by atoms with Crippen LogP contribution in [0.5, 0.6) is 0 Å². The molecule has 0 spiro atoms. The van der Waals surface area contributed by atoms with E-state index in [-0.39, 0.29) is 22.8 Å². The molecule has 3 rings (SSSR count). The molecule has 0 radical (unpaired) electrons. The van der Waals surface area contributed by atoms with Crippen LogP contribution < -0.4 is 11.3 Å². The van der Waals surface area contributed by atoms with Gasteiger partial charge in [0.2, 0.25) is 5.95 Å². The highest BCUT2D eigenvalue weighted by Crippen LogP contribution is 2.28. The van der Waals surface area contributed by atoms with Crippen molar-refractivity contribution in [1.82, 2.24) is 19.9 Å². The van der Waals surface area contributed by atoms with Crippen LogP contribution in [0.15, 0.2) is 11.0 Å². The fourth-order valence-corrected chi connectivity index (χ4v) is 2.84. The molecule has 154 valence electrons. The van der Waals surface area contributed by atoms with Crippen molar-refractivity contribution in [1.29, 1.82) is 0 Å². The van der Waals surface area contributed by atoms with Gasteiger partial charge < -0.3 is 40.7 Å². The molecule has 0 aromatic carbocycles. The zero-order valence-corrected chi connectivity index (χ0v) is 14.7. The molecule has 13 nitrogen and oxygen atoms in total. The largest absolute Gasteiger partial charge is 0.394 e. The number of aromatic amines is 1. The van der Waals surface area contributed by atoms with Gasteiger partial charge in [0, 0.05) is 0 Å². The van der Waals surface area contributed by atoms with Crippen molar-refractivity contribution in [2.24, 2.45) is 0 Å². The third-order valence-electron chi connectivity index (χ3n) is 4.31. The summed E-state index contributed by atoms with van der Waals surface area (Å²) in [7, 11) is 0. The minimum absolute atomic E-state index is 0.0119. The van der Waals surface area contributed by atoms with Crippen molar-refractivity contribution >= 4 is 17.1 Å². The normalized spacial score (nSPS) is 30.3. The van der Waals surface area contributed by atoms with Crippen molar-refractivity contribution in [3.05, 3.63) is 22.2 Å². The average Bonchev–Trinajstić information content (AvgIpc) is 2.65. The maximum atomic E-state index is 12.0. The van der Waals surface area contributed by atoms with E-state index in [2.05, 4.69) is 19.9 Å². The highest BCUT2D eigenvalue weighted by atomic mass is 16.7. The topological polar surface area (TPSA) is 217 Å². The second kappa shape index (κ2) is 8.00. The molecular weight excluding hydrogens is 378 g/mol. The number of nitrogen functional groups attached to an aromatic ring is 1. The predicted octanol–water partition coefficient (Wildman–Crippen LogP) is -3.47. The Kier molecular flexibility index (Phi) is 5.85. The summed E-state index contributed by atoms with van der Waals surface area (Å²) in [5.41, 5.74) is 4.68. The summed E-state index contributed by atoms with van der Waals surface area (Å²) in [6, 6.07) is 0. The van der Waals surface area contributed by atoms with Gasteiger partial charge in [0.05, 0.1) is 24.6 Å². The fourth-order valence-electron chi connectivity index (χ4n) is 2.84. The Bertz CT molecular complexity index is 890. The fraction of sp³-hybridized carbons (Fsp3) is 0.600. The van der Waals surface area contributed by atoms with Crippen molar-refractivity contribution in [3.8, 4) is 0 Å².